The van der Waals surface area contributed by atoms with Crippen LogP contribution >= 0.6 is 12.6 Å². The normalized spacial score (nSPS) is 13.6. The zero-order valence-corrected chi connectivity index (χ0v) is 21.7. The molecule has 3 amide bonds. The molecular formula is C20H38N10O7S. The molecule has 0 saturated carbocycles. The van der Waals surface area contributed by atoms with Crippen molar-refractivity contribution in [1.29, 1.82) is 0 Å². The summed E-state index contributed by atoms with van der Waals surface area (Å²) in [6, 6.07) is -4.98. The van der Waals surface area contributed by atoms with Gasteiger partial charge in [0.15, 0.2) is 11.9 Å². The van der Waals surface area contributed by atoms with Gasteiger partial charge in [0.05, 0.1) is 6.04 Å². The summed E-state index contributed by atoms with van der Waals surface area (Å²) in [6.45, 7) is 0.345. The Morgan fingerprint density at radius 1 is 0.711 bits per heavy atom. The molecule has 0 aromatic heterocycles. The quantitative estimate of drug-likeness (QED) is 0.0308. The van der Waals surface area contributed by atoms with Gasteiger partial charge in [-0.15, -0.1) is 0 Å². The molecule has 216 valence electrons. The first-order valence-electron chi connectivity index (χ1n) is 11.6. The van der Waals surface area contributed by atoms with Crippen LogP contribution < -0.4 is 44.6 Å². The minimum atomic E-state index is -1.35. The monoisotopic (exact) mass is 562 g/mol. The van der Waals surface area contributed by atoms with E-state index in [0.717, 1.165) is 0 Å². The number of nitrogens with one attached hydrogen (secondary N) is 3. The minimum Gasteiger partial charge on any atom is -0.481 e. The van der Waals surface area contributed by atoms with E-state index >= 15 is 0 Å². The largest absolute Gasteiger partial charge is 0.481 e. The highest BCUT2D eigenvalue weighted by molar-refractivity contribution is 7.80. The van der Waals surface area contributed by atoms with Crippen molar-refractivity contribution in [3.63, 3.8) is 0 Å². The van der Waals surface area contributed by atoms with E-state index in [1.807, 2.05) is 0 Å². The predicted molar refractivity (Wildman–Crippen MR) is 142 cm³/mol. The van der Waals surface area contributed by atoms with E-state index in [-0.39, 0.29) is 56.4 Å². The molecule has 18 heteroatoms. The molecule has 0 fully saturated rings. The number of aliphatic carboxylic acids is 2. The van der Waals surface area contributed by atoms with Crippen molar-refractivity contribution >= 4 is 54.2 Å². The molecule has 4 atom stereocenters. The molecule has 0 saturated heterocycles. The number of carboxylic acids is 2. The summed E-state index contributed by atoms with van der Waals surface area (Å²) >= 11 is 3.89. The first kappa shape index (κ1) is 34.2. The van der Waals surface area contributed by atoms with Crippen LogP contribution in [0.5, 0.6) is 0 Å². The second kappa shape index (κ2) is 18.4. The molecule has 38 heavy (non-hydrogen) atoms. The van der Waals surface area contributed by atoms with Crippen molar-refractivity contribution < 1.29 is 34.2 Å². The first-order chi connectivity index (χ1) is 17.8. The van der Waals surface area contributed by atoms with E-state index in [1.165, 1.54) is 0 Å². The van der Waals surface area contributed by atoms with Crippen LogP contribution in [0.3, 0.4) is 0 Å². The highest BCUT2D eigenvalue weighted by atomic mass is 32.1. The molecule has 0 aliphatic heterocycles. The van der Waals surface area contributed by atoms with Gasteiger partial charge >= 0.3 is 11.9 Å². The van der Waals surface area contributed by atoms with E-state index in [4.69, 9.17) is 33.8 Å². The lowest BCUT2D eigenvalue weighted by atomic mass is 10.1. The Hall–Kier alpha value is -3.80. The molecule has 0 aliphatic rings. The minimum absolute atomic E-state index is 0.00281. The molecule has 0 rings (SSSR count). The first-order valence-corrected chi connectivity index (χ1v) is 12.2. The maximum absolute atomic E-state index is 13.0. The van der Waals surface area contributed by atoms with Gasteiger partial charge in [0.1, 0.15) is 18.1 Å². The van der Waals surface area contributed by atoms with Gasteiger partial charge in [0.2, 0.25) is 17.7 Å². The molecule has 0 spiro atoms. The van der Waals surface area contributed by atoms with Gasteiger partial charge in [-0.25, -0.2) is 4.79 Å². The van der Waals surface area contributed by atoms with Crippen LogP contribution in [0.15, 0.2) is 9.98 Å². The third-order valence-electron chi connectivity index (χ3n) is 4.96. The van der Waals surface area contributed by atoms with E-state index in [0.29, 0.717) is 6.42 Å². The van der Waals surface area contributed by atoms with E-state index in [1.54, 1.807) is 0 Å². The summed E-state index contributed by atoms with van der Waals surface area (Å²) in [7, 11) is 0. The fraction of sp³-hybridized carbons (Fsp3) is 0.650. The fourth-order valence-electron chi connectivity index (χ4n) is 2.97. The smallest absolute Gasteiger partial charge is 0.327 e. The highest BCUT2D eigenvalue weighted by Gasteiger charge is 2.30. The van der Waals surface area contributed by atoms with Gasteiger partial charge in [-0.1, -0.05) is 0 Å². The van der Waals surface area contributed by atoms with Crippen molar-refractivity contribution in [3.05, 3.63) is 0 Å². The van der Waals surface area contributed by atoms with Gasteiger partial charge in [-0.05, 0) is 32.1 Å². The Kier molecular flexibility index (Phi) is 16.6. The molecule has 0 aromatic carbocycles. The van der Waals surface area contributed by atoms with E-state index < -0.39 is 60.2 Å². The lowest BCUT2D eigenvalue weighted by Crippen LogP contribution is -2.57. The lowest BCUT2D eigenvalue weighted by Gasteiger charge is -2.25. The molecule has 0 radical (unpaired) electrons. The Morgan fingerprint density at radius 2 is 1.16 bits per heavy atom. The SMILES string of the molecule is NC(N)=NCCCC(N)C(=O)NC(CCC(=O)O)C(=O)NC(CCCN=C(N)N)C(=O)NC(CS)C(=O)O. The van der Waals surface area contributed by atoms with Crippen molar-refractivity contribution in [1.82, 2.24) is 16.0 Å². The second-order valence-electron chi connectivity index (χ2n) is 8.14. The van der Waals surface area contributed by atoms with E-state index in [9.17, 15) is 29.1 Å². The zero-order valence-electron chi connectivity index (χ0n) is 20.8. The van der Waals surface area contributed by atoms with Crippen molar-refractivity contribution in [2.24, 2.45) is 38.7 Å². The maximum atomic E-state index is 13.0. The van der Waals surface area contributed by atoms with Crippen LogP contribution in [0.4, 0.5) is 0 Å². The van der Waals surface area contributed by atoms with Crippen LogP contribution in [0.1, 0.15) is 38.5 Å². The number of hydrogen-bond acceptors (Lipinski definition) is 9. The maximum Gasteiger partial charge on any atom is 0.327 e. The van der Waals surface area contributed by atoms with Gasteiger partial charge in [0, 0.05) is 25.3 Å². The number of nitrogens with zero attached hydrogens (tertiary/aromatic N) is 2. The molecule has 0 aromatic rings. The Morgan fingerprint density at radius 3 is 1.61 bits per heavy atom. The van der Waals surface area contributed by atoms with Gasteiger partial charge in [-0.3, -0.25) is 29.2 Å². The Balaban J connectivity index is 5.53. The van der Waals surface area contributed by atoms with Gasteiger partial charge < -0.3 is 54.8 Å². The van der Waals surface area contributed by atoms with Crippen LogP contribution in [0.25, 0.3) is 0 Å². The van der Waals surface area contributed by atoms with Crippen molar-refractivity contribution in [3.8, 4) is 0 Å². The lowest BCUT2D eigenvalue weighted by molar-refractivity contribution is -0.141. The summed E-state index contributed by atoms with van der Waals surface area (Å²) in [5.41, 5.74) is 26.9. The average molecular weight is 563 g/mol. The average Bonchev–Trinajstić information content (AvgIpc) is 2.83. The number of rotatable bonds is 19. The fourth-order valence-corrected chi connectivity index (χ4v) is 3.22. The van der Waals surface area contributed by atoms with Crippen LogP contribution in [-0.4, -0.2) is 94.8 Å². The number of thiol groups is 1. The van der Waals surface area contributed by atoms with Crippen LogP contribution in [-0.2, 0) is 24.0 Å². The summed E-state index contributed by atoms with van der Waals surface area (Å²) in [4.78, 5) is 68.2. The number of hydrogen-bond donors (Lipinski definition) is 11. The Labute approximate surface area is 224 Å². The summed E-state index contributed by atoms with van der Waals surface area (Å²) in [5.74, 6) is -5.49. The number of nitrogens with two attached hydrogens (primary N) is 5. The third kappa shape index (κ3) is 15.3. The highest BCUT2D eigenvalue weighted by Crippen LogP contribution is 2.06. The van der Waals surface area contributed by atoms with Crippen molar-refractivity contribution in [2.75, 3.05) is 18.8 Å². The number of amides is 3. The van der Waals surface area contributed by atoms with Gasteiger partial charge in [0.25, 0.3) is 0 Å². The van der Waals surface area contributed by atoms with Crippen molar-refractivity contribution in [2.45, 2.75) is 62.7 Å². The second-order valence-corrected chi connectivity index (χ2v) is 8.51. The van der Waals surface area contributed by atoms with Gasteiger partial charge in [-0.2, -0.15) is 12.6 Å². The molecule has 0 bridgehead atoms. The number of carbonyl (C=O) groups is 5. The predicted octanol–water partition coefficient (Wildman–Crippen LogP) is -4.25. The summed E-state index contributed by atoms with van der Waals surface area (Å²) < 4.78 is 0. The molecular weight excluding hydrogens is 524 g/mol. The molecule has 0 heterocycles. The van der Waals surface area contributed by atoms with E-state index in [2.05, 4.69) is 38.6 Å². The third-order valence-corrected chi connectivity index (χ3v) is 5.32. The standard InChI is InChI=1S/C20H38N10O7S/c21-10(3-1-7-26-19(22)23)15(33)28-12(5-6-14(31)32)17(35)29-11(4-2-8-27-20(24)25)16(34)30-13(9-38)18(36)37/h10-13,38H,1-9,21H2,(H,28,33)(H,29,35)(H,30,34)(H,31,32)(H,36,37)(H4,22,23,26)(H4,24,25,27). The number of carbonyl (C=O) groups excluding carboxylic acids is 3. The molecule has 17 nitrogen and oxygen atoms in total. The molecule has 0 aliphatic carbocycles. The molecule has 15 N–H and O–H groups in total. The van der Waals surface area contributed by atoms with Crippen LogP contribution in [0, 0.1) is 0 Å². The summed E-state index contributed by atoms with van der Waals surface area (Å²) in [5, 5.41) is 25.3. The Bertz CT molecular complexity index is 878. The number of carboxylic acid groups (broad SMARTS) is 2. The van der Waals surface area contributed by atoms with Crippen LogP contribution in [0.2, 0.25) is 0 Å². The topological polar surface area (TPSA) is 317 Å². The number of guanidine groups is 2. The molecule has 4 unspecified atom stereocenters. The summed E-state index contributed by atoms with van der Waals surface area (Å²) in [6.07, 6.45) is -0.0121. The zero-order chi connectivity index (χ0) is 29.3. The number of aliphatic imine (C=N–C) groups is 2.